The van der Waals surface area contributed by atoms with E-state index in [9.17, 15) is 14.7 Å². The number of amides is 1. The molecule has 3 rings (SSSR count). The van der Waals surface area contributed by atoms with Crippen LogP contribution < -0.4 is 34.7 Å². The second-order valence-corrected chi connectivity index (χ2v) is 4.88. The Kier molecular flexibility index (Phi) is 3.72. The zero-order chi connectivity index (χ0) is 12.2. The maximum atomic E-state index is 11.9. The number of carboxylic acid groups (broad SMARTS) is 1. The van der Waals surface area contributed by atoms with Gasteiger partial charge in [0.25, 0.3) is 5.91 Å². The fourth-order valence-electron chi connectivity index (χ4n) is 3.46. The molecule has 1 amide bonds. The number of rotatable bonds is 1. The Bertz CT molecular complexity index is 481. The molecule has 0 bridgehead atoms. The summed E-state index contributed by atoms with van der Waals surface area (Å²) in [5.41, 5.74) is 1.87. The second-order valence-electron chi connectivity index (χ2n) is 4.88. The minimum Gasteiger partial charge on any atom is -0.543 e. The van der Waals surface area contributed by atoms with E-state index in [-0.39, 0.29) is 53.1 Å². The summed E-state index contributed by atoms with van der Waals surface area (Å²) in [6.45, 7) is 1.84. The molecule has 0 aromatic heterocycles. The van der Waals surface area contributed by atoms with Crippen molar-refractivity contribution in [2.24, 2.45) is 5.92 Å². The van der Waals surface area contributed by atoms with Gasteiger partial charge in [-0.2, -0.15) is 0 Å². The topological polar surface area (TPSA) is 60.4 Å². The smallest absolute Gasteiger partial charge is 0.543 e. The van der Waals surface area contributed by atoms with Crippen LogP contribution in [0.1, 0.15) is 32.6 Å². The molecular weight excluding hydrogens is 241 g/mol. The van der Waals surface area contributed by atoms with E-state index < -0.39 is 5.97 Å². The van der Waals surface area contributed by atoms with Crippen molar-refractivity contribution in [1.82, 2.24) is 4.90 Å². The molecule has 2 fully saturated rings. The number of carbonyl (C=O) groups excluding carboxylic acids is 2. The van der Waals surface area contributed by atoms with E-state index in [0.29, 0.717) is 0 Å². The van der Waals surface area contributed by atoms with Gasteiger partial charge in [-0.05, 0) is 31.8 Å². The summed E-state index contributed by atoms with van der Waals surface area (Å²) < 4.78 is 0. The van der Waals surface area contributed by atoms with Crippen LogP contribution in [-0.4, -0.2) is 22.8 Å². The number of carbonyl (C=O) groups is 2. The van der Waals surface area contributed by atoms with Gasteiger partial charge in [0.1, 0.15) is 0 Å². The number of hydrogen-bond acceptors (Lipinski definition) is 3. The van der Waals surface area contributed by atoms with Gasteiger partial charge in [0.05, 0.1) is 17.7 Å². The summed E-state index contributed by atoms with van der Waals surface area (Å²) >= 11 is 0. The third-order valence-electron chi connectivity index (χ3n) is 4.15. The average Bonchev–Trinajstić information content (AvgIpc) is 2.61. The molecule has 5 heteroatoms. The molecule has 1 saturated carbocycles. The molecular formula is C13H14NNaO3. The zero-order valence-electron chi connectivity index (χ0n) is 10.7. The summed E-state index contributed by atoms with van der Waals surface area (Å²) in [5.74, 6) is -1.13. The van der Waals surface area contributed by atoms with Crippen molar-refractivity contribution in [3.8, 4) is 0 Å². The Balaban J connectivity index is 0.00000120. The molecule has 18 heavy (non-hydrogen) atoms. The number of fused-ring (bicyclic) bond motifs is 3. The second kappa shape index (κ2) is 4.83. The normalized spacial score (nSPS) is 31.7. The summed E-state index contributed by atoms with van der Waals surface area (Å²) in [4.78, 5) is 24.5. The molecule has 3 aliphatic rings. The van der Waals surface area contributed by atoms with Crippen molar-refractivity contribution in [2.75, 3.05) is 0 Å². The van der Waals surface area contributed by atoms with Crippen molar-refractivity contribution in [2.45, 2.75) is 38.6 Å². The van der Waals surface area contributed by atoms with Crippen molar-refractivity contribution < 1.29 is 44.3 Å². The summed E-state index contributed by atoms with van der Waals surface area (Å²) in [6.07, 6.45) is 5.73. The van der Waals surface area contributed by atoms with E-state index in [2.05, 4.69) is 0 Å². The molecule has 0 aromatic rings. The van der Waals surface area contributed by atoms with Crippen LogP contribution in [0.15, 0.2) is 22.9 Å². The van der Waals surface area contributed by atoms with Crippen LogP contribution in [0.2, 0.25) is 0 Å². The standard InChI is InChI=1S/C13H15NO3.Na/c1-2-7-10-8-5-3-4-6-9(8)11(13(16)17)14(10)12(7)15;/h2,8,10H,3-6H2,1H3,(H,16,17);/q;+1/p-1/b7-2+;/t8-,10+;/m1./s1. The van der Waals surface area contributed by atoms with Gasteiger partial charge in [0.15, 0.2) is 0 Å². The summed E-state index contributed by atoms with van der Waals surface area (Å²) in [6, 6.07) is -0.0179. The first-order chi connectivity index (χ1) is 8.16. The van der Waals surface area contributed by atoms with Gasteiger partial charge in [0, 0.05) is 11.5 Å². The molecule has 1 aliphatic carbocycles. The third kappa shape index (κ3) is 1.63. The van der Waals surface area contributed by atoms with Crippen molar-refractivity contribution in [1.29, 1.82) is 0 Å². The largest absolute Gasteiger partial charge is 1.00 e. The molecule has 90 valence electrons. The van der Waals surface area contributed by atoms with E-state index in [4.69, 9.17) is 0 Å². The van der Waals surface area contributed by atoms with Crippen molar-refractivity contribution in [3.05, 3.63) is 22.9 Å². The van der Waals surface area contributed by atoms with E-state index in [1.165, 1.54) is 4.90 Å². The summed E-state index contributed by atoms with van der Waals surface area (Å²) in [5, 5.41) is 11.2. The van der Waals surface area contributed by atoms with Crippen LogP contribution in [0.3, 0.4) is 0 Å². The molecule has 0 aromatic carbocycles. The molecule has 0 spiro atoms. The fraction of sp³-hybridized carbons (Fsp3) is 0.538. The van der Waals surface area contributed by atoms with Gasteiger partial charge in [-0.3, -0.25) is 9.69 Å². The van der Waals surface area contributed by atoms with Gasteiger partial charge in [-0.1, -0.05) is 12.5 Å². The maximum absolute atomic E-state index is 11.9. The third-order valence-corrected chi connectivity index (χ3v) is 4.15. The van der Waals surface area contributed by atoms with Crippen molar-refractivity contribution >= 4 is 11.9 Å². The van der Waals surface area contributed by atoms with E-state index in [1.807, 2.05) is 13.0 Å². The molecule has 2 heterocycles. The predicted molar refractivity (Wildman–Crippen MR) is 58.4 cm³/mol. The molecule has 0 unspecified atom stereocenters. The zero-order valence-corrected chi connectivity index (χ0v) is 12.7. The molecule has 4 nitrogen and oxygen atoms in total. The van der Waals surface area contributed by atoms with Gasteiger partial charge in [-0.15, -0.1) is 0 Å². The van der Waals surface area contributed by atoms with Crippen LogP contribution in [0, 0.1) is 5.92 Å². The number of aliphatic carboxylic acids is 1. The minimum atomic E-state index is -1.20. The SMILES string of the molecule is C/C=C1/C(=O)N2C(C(=O)[O-])=C3CCCC[C@H]3[C@H]12.[Na+]. The van der Waals surface area contributed by atoms with E-state index in [0.717, 1.165) is 36.8 Å². The van der Waals surface area contributed by atoms with Gasteiger partial charge >= 0.3 is 29.6 Å². The average molecular weight is 255 g/mol. The minimum absolute atomic E-state index is 0. The van der Waals surface area contributed by atoms with Gasteiger partial charge < -0.3 is 9.90 Å². The number of allylic oxidation sites excluding steroid dienone is 1. The number of carboxylic acids is 1. The fourth-order valence-corrected chi connectivity index (χ4v) is 3.46. The van der Waals surface area contributed by atoms with Gasteiger partial charge in [0.2, 0.25) is 0 Å². The van der Waals surface area contributed by atoms with Crippen LogP contribution in [0.5, 0.6) is 0 Å². The molecule has 1 saturated heterocycles. The number of β-lactam (4-membered cyclic amide) rings is 1. The quantitative estimate of drug-likeness (QED) is 0.292. The Hall–Kier alpha value is -0.580. The van der Waals surface area contributed by atoms with Crippen LogP contribution in [-0.2, 0) is 9.59 Å². The van der Waals surface area contributed by atoms with Gasteiger partial charge in [-0.25, -0.2) is 0 Å². The Morgan fingerprint density at radius 3 is 2.78 bits per heavy atom. The molecule has 2 atom stereocenters. The van der Waals surface area contributed by atoms with E-state index in [1.54, 1.807) is 0 Å². The molecule has 0 N–H and O–H groups in total. The first kappa shape index (κ1) is 13.8. The Morgan fingerprint density at radius 1 is 1.44 bits per heavy atom. The van der Waals surface area contributed by atoms with Crippen molar-refractivity contribution in [3.63, 3.8) is 0 Å². The summed E-state index contributed by atoms with van der Waals surface area (Å²) in [7, 11) is 0. The molecule has 0 radical (unpaired) electrons. The predicted octanol–water partition coefficient (Wildman–Crippen LogP) is -2.64. The monoisotopic (exact) mass is 255 g/mol. The van der Waals surface area contributed by atoms with Crippen LogP contribution in [0.25, 0.3) is 0 Å². The first-order valence-electron chi connectivity index (χ1n) is 6.11. The van der Waals surface area contributed by atoms with Crippen LogP contribution in [0.4, 0.5) is 0 Å². The van der Waals surface area contributed by atoms with E-state index >= 15 is 0 Å². The Labute approximate surface area is 128 Å². The number of hydrogen-bond donors (Lipinski definition) is 0. The Morgan fingerprint density at radius 2 is 2.17 bits per heavy atom. The first-order valence-corrected chi connectivity index (χ1v) is 6.11. The number of nitrogens with zero attached hydrogens (tertiary/aromatic N) is 1. The maximum Gasteiger partial charge on any atom is 1.00 e. The van der Waals surface area contributed by atoms with Crippen LogP contribution >= 0.6 is 0 Å². The molecule has 2 aliphatic heterocycles.